The van der Waals surface area contributed by atoms with Gasteiger partial charge in [-0.2, -0.15) is 13.2 Å². The van der Waals surface area contributed by atoms with Crippen LogP contribution in [0.5, 0.6) is 0 Å². The zero-order valence-corrected chi connectivity index (χ0v) is 13.8. The zero-order chi connectivity index (χ0) is 17.6. The number of rotatable bonds is 6. The van der Waals surface area contributed by atoms with E-state index in [-0.39, 0.29) is 12.3 Å². The fraction of sp³-hybridized carbons (Fsp3) is 0.588. The number of hydrogen-bond acceptors (Lipinski definition) is 3. The molecule has 2 rings (SSSR count). The minimum absolute atomic E-state index is 0.0934. The van der Waals surface area contributed by atoms with Crippen LogP contribution in [0, 0.1) is 0 Å². The highest BCUT2D eigenvalue weighted by atomic mass is 19.4. The molecule has 1 saturated heterocycles. The second kappa shape index (κ2) is 8.48. The molecule has 7 heteroatoms. The number of benzene rings is 1. The first-order valence-corrected chi connectivity index (χ1v) is 8.26. The molecule has 134 valence electrons. The molecule has 1 heterocycles. The maximum atomic E-state index is 13.3. The third-order valence-corrected chi connectivity index (χ3v) is 4.26. The zero-order valence-electron chi connectivity index (χ0n) is 13.8. The van der Waals surface area contributed by atoms with E-state index in [0.29, 0.717) is 26.2 Å². The Hall–Kier alpha value is -1.60. The Kier molecular flexibility index (Phi) is 6.62. The van der Waals surface area contributed by atoms with E-state index in [1.54, 1.807) is 0 Å². The van der Waals surface area contributed by atoms with E-state index in [1.807, 2.05) is 31.2 Å². The summed E-state index contributed by atoms with van der Waals surface area (Å²) >= 11 is 0. The lowest BCUT2D eigenvalue weighted by atomic mass is 10.1. The van der Waals surface area contributed by atoms with Gasteiger partial charge in [0.05, 0.1) is 6.42 Å². The van der Waals surface area contributed by atoms with Gasteiger partial charge in [0.2, 0.25) is 5.91 Å². The van der Waals surface area contributed by atoms with Crippen LogP contribution in [0.4, 0.5) is 13.2 Å². The van der Waals surface area contributed by atoms with E-state index >= 15 is 0 Å². The molecule has 1 aromatic carbocycles. The van der Waals surface area contributed by atoms with Gasteiger partial charge in [-0.1, -0.05) is 31.2 Å². The molecule has 4 nitrogen and oxygen atoms in total. The number of halogens is 3. The van der Waals surface area contributed by atoms with Crippen molar-refractivity contribution in [3.63, 3.8) is 0 Å². The lowest BCUT2D eigenvalue weighted by Gasteiger charge is -2.35. The van der Waals surface area contributed by atoms with Crippen molar-refractivity contribution in [1.82, 2.24) is 15.5 Å². The Labute approximate surface area is 140 Å². The first-order chi connectivity index (χ1) is 11.4. The lowest BCUT2D eigenvalue weighted by Crippen LogP contribution is -2.57. The lowest BCUT2D eigenvalue weighted by molar-refractivity contribution is -0.184. The first-order valence-electron chi connectivity index (χ1n) is 8.26. The third-order valence-electron chi connectivity index (χ3n) is 4.26. The molecule has 1 atom stereocenters. The van der Waals surface area contributed by atoms with Crippen molar-refractivity contribution in [3.8, 4) is 0 Å². The molecule has 1 aliphatic rings. The molecule has 1 fully saturated rings. The van der Waals surface area contributed by atoms with Crippen molar-refractivity contribution in [2.45, 2.75) is 32.0 Å². The molecule has 0 aromatic heterocycles. The Bertz CT molecular complexity index is 525. The van der Waals surface area contributed by atoms with Crippen LogP contribution < -0.4 is 10.6 Å². The first kappa shape index (κ1) is 18.7. The van der Waals surface area contributed by atoms with Crippen molar-refractivity contribution in [2.75, 3.05) is 32.7 Å². The fourth-order valence-corrected chi connectivity index (χ4v) is 2.80. The van der Waals surface area contributed by atoms with Gasteiger partial charge in [-0.3, -0.25) is 9.69 Å². The normalized spacial score (nSPS) is 17.5. The number of carbonyl (C=O) groups excluding carboxylic acids is 1. The van der Waals surface area contributed by atoms with Crippen molar-refractivity contribution >= 4 is 5.91 Å². The van der Waals surface area contributed by atoms with Crippen molar-refractivity contribution in [2.24, 2.45) is 0 Å². The fourth-order valence-electron chi connectivity index (χ4n) is 2.80. The van der Waals surface area contributed by atoms with Crippen LogP contribution in [0.2, 0.25) is 0 Å². The highest BCUT2D eigenvalue weighted by molar-refractivity contribution is 5.78. The average molecular weight is 343 g/mol. The van der Waals surface area contributed by atoms with Crippen LogP contribution in [0.15, 0.2) is 24.3 Å². The number of amides is 1. The molecular formula is C17H24F3N3O. The largest absolute Gasteiger partial charge is 0.405 e. The Morgan fingerprint density at radius 2 is 1.79 bits per heavy atom. The van der Waals surface area contributed by atoms with Gasteiger partial charge in [0.1, 0.15) is 6.04 Å². The topological polar surface area (TPSA) is 44.4 Å². The van der Waals surface area contributed by atoms with Gasteiger partial charge in [-0.15, -0.1) is 0 Å². The quantitative estimate of drug-likeness (QED) is 0.827. The predicted octanol–water partition coefficient (Wildman–Crippen LogP) is 1.74. The van der Waals surface area contributed by atoms with Crippen LogP contribution in [0.1, 0.15) is 18.1 Å². The maximum absolute atomic E-state index is 13.3. The smallest absolute Gasteiger partial charge is 0.354 e. The highest BCUT2D eigenvalue weighted by Gasteiger charge is 2.43. The molecule has 1 amide bonds. The van der Waals surface area contributed by atoms with E-state index in [1.165, 1.54) is 4.90 Å². The Morgan fingerprint density at radius 3 is 2.33 bits per heavy atom. The molecule has 0 radical (unpaired) electrons. The average Bonchev–Trinajstić information content (AvgIpc) is 2.55. The number of aryl methyl sites for hydroxylation is 1. The summed E-state index contributed by atoms with van der Waals surface area (Å²) in [7, 11) is 0. The third kappa shape index (κ3) is 5.49. The van der Waals surface area contributed by atoms with Gasteiger partial charge in [-0.05, 0) is 17.5 Å². The number of carbonyl (C=O) groups is 1. The molecular weight excluding hydrogens is 319 g/mol. The van der Waals surface area contributed by atoms with E-state index in [2.05, 4.69) is 10.6 Å². The van der Waals surface area contributed by atoms with Crippen LogP contribution in [0.25, 0.3) is 0 Å². The number of piperazine rings is 1. The maximum Gasteiger partial charge on any atom is 0.405 e. The van der Waals surface area contributed by atoms with Crippen LogP contribution in [0.3, 0.4) is 0 Å². The molecule has 24 heavy (non-hydrogen) atoms. The minimum Gasteiger partial charge on any atom is -0.354 e. The number of nitrogens with zero attached hydrogens (tertiary/aromatic N) is 1. The van der Waals surface area contributed by atoms with E-state index < -0.39 is 18.8 Å². The summed E-state index contributed by atoms with van der Waals surface area (Å²) in [5, 5.41) is 5.47. The van der Waals surface area contributed by atoms with E-state index in [9.17, 15) is 18.0 Å². The van der Waals surface area contributed by atoms with Crippen molar-refractivity contribution in [1.29, 1.82) is 0 Å². The molecule has 0 spiro atoms. The Morgan fingerprint density at radius 1 is 1.21 bits per heavy atom. The van der Waals surface area contributed by atoms with Crippen LogP contribution in [-0.2, 0) is 17.6 Å². The van der Waals surface area contributed by atoms with Gasteiger partial charge < -0.3 is 10.6 Å². The summed E-state index contributed by atoms with van der Waals surface area (Å²) in [6, 6.07) is 5.92. The second-order valence-corrected chi connectivity index (χ2v) is 5.99. The summed E-state index contributed by atoms with van der Waals surface area (Å²) in [4.78, 5) is 13.4. The molecule has 1 unspecified atom stereocenters. The summed E-state index contributed by atoms with van der Waals surface area (Å²) in [6.07, 6.45) is -3.35. The van der Waals surface area contributed by atoms with E-state index in [4.69, 9.17) is 0 Å². The predicted molar refractivity (Wildman–Crippen MR) is 86.8 cm³/mol. The summed E-state index contributed by atoms with van der Waals surface area (Å²) in [6.45, 7) is 3.36. The molecule has 0 aliphatic carbocycles. The van der Waals surface area contributed by atoms with Crippen molar-refractivity contribution < 1.29 is 18.0 Å². The number of alkyl halides is 3. The summed E-state index contributed by atoms with van der Waals surface area (Å²) < 4.78 is 39.8. The monoisotopic (exact) mass is 343 g/mol. The number of hydrogen-bond donors (Lipinski definition) is 2. The molecule has 2 N–H and O–H groups in total. The van der Waals surface area contributed by atoms with Gasteiger partial charge in [0, 0.05) is 32.7 Å². The SMILES string of the molecule is CCc1ccc(CC(=O)NCC(N2CCNCC2)C(F)(F)F)cc1. The van der Waals surface area contributed by atoms with Crippen LogP contribution in [-0.4, -0.2) is 55.7 Å². The van der Waals surface area contributed by atoms with Crippen molar-refractivity contribution in [3.05, 3.63) is 35.4 Å². The highest BCUT2D eigenvalue weighted by Crippen LogP contribution is 2.24. The standard InChI is InChI=1S/C17H24F3N3O/c1-2-13-3-5-14(6-4-13)11-16(24)22-12-15(17(18,19)20)23-9-7-21-8-10-23/h3-6,15,21H,2,7-12H2,1H3,(H,22,24). The van der Waals surface area contributed by atoms with Gasteiger partial charge >= 0.3 is 6.18 Å². The second-order valence-electron chi connectivity index (χ2n) is 5.99. The van der Waals surface area contributed by atoms with Gasteiger partial charge in [-0.25, -0.2) is 0 Å². The van der Waals surface area contributed by atoms with E-state index in [0.717, 1.165) is 17.5 Å². The summed E-state index contributed by atoms with van der Waals surface area (Å²) in [5.74, 6) is -0.386. The van der Waals surface area contributed by atoms with Gasteiger partial charge in [0.15, 0.2) is 0 Å². The molecule has 0 saturated carbocycles. The molecule has 1 aromatic rings. The van der Waals surface area contributed by atoms with Gasteiger partial charge in [0.25, 0.3) is 0 Å². The number of nitrogens with one attached hydrogen (secondary N) is 2. The molecule has 0 bridgehead atoms. The van der Waals surface area contributed by atoms with Crippen LogP contribution >= 0.6 is 0 Å². The molecule has 1 aliphatic heterocycles. The Balaban J connectivity index is 1.88. The minimum atomic E-state index is -4.35. The summed E-state index contributed by atoms with van der Waals surface area (Å²) in [5.41, 5.74) is 1.96.